The second-order valence-corrected chi connectivity index (χ2v) is 5.51. The van der Waals surface area contributed by atoms with Gasteiger partial charge in [-0.25, -0.2) is 0 Å². The number of benzene rings is 1. The number of ether oxygens (including phenoxy) is 2. The molecule has 22 heavy (non-hydrogen) atoms. The van der Waals surface area contributed by atoms with Crippen LogP contribution in [0.3, 0.4) is 0 Å². The predicted molar refractivity (Wildman–Crippen MR) is 86.1 cm³/mol. The molecule has 0 aliphatic rings. The lowest BCUT2D eigenvalue weighted by atomic mass is 10.1. The molecule has 0 saturated heterocycles. The van der Waals surface area contributed by atoms with Crippen LogP contribution in [-0.4, -0.2) is 30.8 Å². The van der Waals surface area contributed by atoms with Gasteiger partial charge in [0, 0.05) is 19.6 Å². The number of carbonyl (C=O) groups excluding carboxylic acids is 1. The van der Waals surface area contributed by atoms with E-state index in [-0.39, 0.29) is 17.8 Å². The Balaban J connectivity index is 2.18. The Hall–Kier alpha value is -1.75. The minimum absolute atomic E-state index is 0.0387. The van der Waals surface area contributed by atoms with Crippen LogP contribution in [-0.2, 0) is 16.1 Å². The van der Waals surface area contributed by atoms with E-state index in [0.29, 0.717) is 18.7 Å². The van der Waals surface area contributed by atoms with Gasteiger partial charge >= 0.3 is 0 Å². The molecule has 1 amide bonds. The maximum atomic E-state index is 11.8. The lowest BCUT2D eigenvalue weighted by Gasteiger charge is -2.09. The normalized spacial score (nSPS) is 10.7. The summed E-state index contributed by atoms with van der Waals surface area (Å²) in [6.45, 7) is 5.23. The van der Waals surface area contributed by atoms with E-state index < -0.39 is 0 Å². The van der Waals surface area contributed by atoms with E-state index in [4.69, 9.17) is 9.47 Å². The molecule has 0 heterocycles. The summed E-state index contributed by atoms with van der Waals surface area (Å²) in [5.74, 6) is 0.551. The van der Waals surface area contributed by atoms with Crippen LogP contribution in [0.4, 0.5) is 0 Å². The molecule has 0 aliphatic heterocycles. The zero-order valence-corrected chi connectivity index (χ0v) is 13.7. The molecule has 0 aliphatic carbocycles. The van der Waals surface area contributed by atoms with Gasteiger partial charge in [0.2, 0.25) is 5.91 Å². The number of amides is 1. The number of unbranched alkanes of at least 4 members (excludes halogenated alkanes) is 2. The van der Waals surface area contributed by atoms with Crippen molar-refractivity contribution < 1.29 is 19.4 Å². The highest BCUT2D eigenvalue weighted by atomic mass is 16.5. The molecule has 0 aromatic heterocycles. The Kier molecular flexibility index (Phi) is 8.36. The van der Waals surface area contributed by atoms with Gasteiger partial charge in [0.1, 0.15) is 0 Å². The second-order valence-electron chi connectivity index (χ2n) is 5.51. The minimum Gasteiger partial charge on any atom is -0.504 e. The van der Waals surface area contributed by atoms with Crippen LogP contribution in [0.25, 0.3) is 0 Å². The van der Waals surface area contributed by atoms with Crippen LogP contribution >= 0.6 is 0 Å². The zero-order valence-electron chi connectivity index (χ0n) is 13.7. The van der Waals surface area contributed by atoms with Crippen molar-refractivity contribution in [1.29, 1.82) is 0 Å². The standard InChI is InChI=1S/C17H27NO4/c1-13(2)22-10-6-4-5-7-17(20)18-12-14-8-9-15(19)16(11-14)21-3/h8-9,11,13,19H,4-7,10,12H2,1-3H3,(H,18,20). The number of aromatic hydroxyl groups is 1. The fourth-order valence-corrected chi connectivity index (χ4v) is 2.00. The minimum atomic E-state index is 0.0387. The Morgan fingerprint density at radius 3 is 2.73 bits per heavy atom. The third-order valence-corrected chi connectivity index (χ3v) is 3.23. The Bertz CT molecular complexity index is 460. The molecule has 0 bridgehead atoms. The Labute approximate surface area is 132 Å². The van der Waals surface area contributed by atoms with E-state index >= 15 is 0 Å². The monoisotopic (exact) mass is 309 g/mol. The number of hydrogen-bond donors (Lipinski definition) is 2. The van der Waals surface area contributed by atoms with E-state index in [1.165, 1.54) is 7.11 Å². The lowest BCUT2D eigenvalue weighted by molar-refractivity contribution is -0.121. The molecule has 0 fully saturated rings. The predicted octanol–water partition coefficient (Wildman–Crippen LogP) is 3.00. The molecule has 1 aromatic carbocycles. The van der Waals surface area contributed by atoms with E-state index in [1.807, 2.05) is 13.8 Å². The molecule has 0 saturated carbocycles. The first-order valence-electron chi connectivity index (χ1n) is 7.77. The highest BCUT2D eigenvalue weighted by Gasteiger charge is 2.05. The SMILES string of the molecule is COc1cc(CNC(=O)CCCCCOC(C)C)ccc1O. The highest BCUT2D eigenvalue weighted by molar-refractivity contribution is 5.75. The van der Waals surface area contributed by atoms with E-state index in [2.05, 4.69) is 5.32 Å². The summed E-state index contributed by atoms with van der Waals surface area (Å²) >= 11 is 0. The Morgan fingerprint density at radius 1 is 1.27 bits per heavy atom. The van der Waals surface area contributed by atoms with E-state index in [0.717, 1.165) is 31.4 Å². The van der Waals surface area contributed by atoms with Gasteiger partial charge in [0.25, 0.3) is 0 Å². The summed E-state index contributed by atoms with van der Waals surface area (Å²) in [5, 5.41) is 12.4. The van der Waals surface area contributed by atoms with Gasteiger partial charge in [-0.15, -0.1) is 0 Å². The average Bonchev–Trinajstić information content (AvgIpc) is 2.49. The molecule has 124 valence electrons. The van der Waals surface area contributed by atoms with Crippen molar-refractivity contribution in [3.05, 3.63) is 23.8 Å². The maximum Gasteiger partial charge on any atom is 0.220 e. The van der Waals surface area contributed by atoms with Crippen LogP contribution in [0, 0.1) is 0 Å². The number of rotatable bonds is 10. The number of methoxy groups -OCH3 is 1. The van der Waals surface area contributed by atoms with Gasteiger partial charge in [-0.1, -0.05) is 12.5 Å². The van der Waals surface area contributed by atoms with Gasteiger partial charge in [-0.3, -0.25) is 4.79 Å². The lowest BCUT2D eigenvalue weighted by Crippen LogP contribution is -2.22. The van der Waals surface area contributed by atoms with E-state index in [9.17, 15) is 9.90 Å². The molecule has 2 N–H and O–H groups in total. The van der Waals surface area contributed by atoms with Gasteiger partial charge in [-0.2, -0.15) is 0 Å². The van der Waals surface area contributed by atoms with Crippen LogP contribution in [0.5, 0.6) is 11.5 Å². The van der Waals surface area contributed by atoms with Crippen LogP contribution < -0.4 is 10.1 Å². The third-order valence-electron chi connectivity index (χ3n) is 3.23. The van der Waals surface area contributed by atoms with Gasteiger partial charge in [0.15, 0.2) is 11.5 Å². The fourth-order valence-electron chi connectivity index (χ4n) is 2.00. The molecule has 1 rings (SSSR count). The maximum absolute atomic E-state index is 11.8. The first-order chi connectivity index (χ1) is 10.5. The average molecular weight is 309 g/mol. The molecule has 0 atom stereocenters. The van der Waals surface area contributed by atoms with E-state index in [1.54, 1.807) is 18.2 Å². The molecule has 5 heteroatoms. The smallest absolute Gasteiger partial charge is 0.220 e. The number of phenolic OH excluding ortho intramolecular Hbond substituents is 1. The first-order valence-corrected chi connectivity index (χ1v) is 7.77. The molecular weight excluding hydrogens is 282 g/mol. The van der Waals surface area contributed by atoms with Crippen molar-refractivity contribution in [1.82, 2.24) is 5.32 Å². The van der Waals surface area contributed by atoms with Crippen molar-refractivity contribution in [2.75, 3.05) is 13.7 Å². The number of nitrogens with one attached hydrogen (secondary N) is 1. The van der Waals surface area contributed by atoms with Crippen molar-refractivity contribution >= 4 is 5.91 Å². The summed E-state index contributed by atoms with van der Waals surface area (Å²) in [6.07, 6.45) is 3.64. The second kappa shape index (κ2) is 10.1. The molecule has 0 spiro atoms. The number of carbonyl (C=O) groups is 1. The van der Waals surface area contributed by atoms with Gasteiger partial charge in [-0.05, 0) is 44.4 Å². The fraction of sp³-hybridized carbons (Fsp3) is 0.588. The first kappa shape index (κ1) is 18.3. The highest BCUT2D eigenvalue weighted by Crippen LogP contribution is 2.26. The molecule has 0 unspecified atom stereocenters. The Morgan fingerprint density at radius 2 is 2.05 bits per heavy atom. The van der Waals surface area contributed by atoms with Crippen LogP contribution in [0.15, 0.2) is 18.2 Å². The van der Waals surface area contributed by atoms with Crippen molar-refractivity contribution in [3.63, 3.8) is 0 Å². The summed E-state index contributed by atoms with van der Waals surface area (Å²) < 4.78 is 10.5. The van der Waals surface area contributed by atoms with Crippen LogP contribution in [0.2, 0.25) is 0 Å². The molecule has 5 nitrogen and oxygen atoms in total. The molecule has 0 radical (unpaired) electrons. The summed E-state index contributed by atoms with van der Waals surface area (Å²) in [4.78, 5) is 11.8. The largest absolute Gasteiger partial charge is 0.504 e. The van der Waals surface area contributed by atoms with Gasteiger partial charge < -0.3 is 19.9 Å². The summed E-state index contributed by atoms with van der Waals surface area (Å²) in [7, 11) is 1.50. The van der Waals surface area contributed by atoms with Crippen molar-refractivity contribution in [2.24, 2.45) is 0 Å². The molecule has 1 aromatic rings. The summed E-state index contributed by atoms with van der Waals surface area (Å²) in [5.41, 5.74) is 0.897. The third kappa shape index (κ3) is 7.31. The van der Waals surface area contributed by atoms with Crippen molar-refractivity contribution in [2.45, 2.75) is 52.2 Å². The molecular formula is C17H27NO4. The number of hydrogen-bond acceptors (Lipinski definition) is 4. The quantitative estimate of drug-likeness (QED) is 0.652. The van der Waals surface area contributed by atoms with Crippen molar-refractivity contribution in [3.8, 4) is 11.5 Å². The summed E-state index contributed by atoms with van der Waals surface area (Å²) in [6, 6.07) is 5.05. The topological polar surface area (TPSA) is 67.8 Å². The zero-order chi connectivity index (χ0) is 16.4. The number of phenols is 1. The van der Waals surface area contributed by atoms with Crippen LogP contribution in [0.1, 0.15) is 45.1 Å². The van der Waals surface area contributed by atoms with Gasteiger partial charge in [0.05, 0.1) is 13.2 Å².